The summed E-state index contributed by atoms with van der Waals surface area (Å²) in [7, 11) is 0. The van der Waals surface area contributed by atoms with Gasteiger partial charge in [-0.1, -0.05) is 121 Å². The molecule has 0 bridgehead atoms. The molecule has 3 heterocycles. The van der Waals surface area contributed by atoms with E-state index in [1.54, 1.807) is 0 Å². The Labute approximate surface area is 286 Å². The number of benzene rings is 7. The first-order chi connectivity index (χ1) is 24.7. The van der Waals surface area contributed by atoms with Gasteiger partial charge >= 0.3 is 0 Å². The van der Waals surface area contributed by atoms with Crippen LogP contribution in [0.4, 0.5) is 0 Å². The van der Waals surface area contributed by atoms with E-state index in [-0.39, 0.29) is 0 Å². The van der Waals surface area contributed by atoms with E-state index in [4.69, 9.17) is 28.8 Å². The van der Waals surface area contributed by atoms with E-state index in [0.717, 1.165) is 77.2 Å². The largest absolute Gasteiger partial charge is 0.455 e. The third-order valence-corrected chi connectivity index (χ3v) is 9.17. The summed E-state index contributed by atoms with van der Waals surface area (Å²) < 4.78 is 12.8. The van der Waals surface area contributed by atoms with Crippen LogP contribution in [0.2, 0.25) is 0 Å². The molecule has 0 saturated carbocycles. The fraction of sp³-hybridized carbons (Fsp3) is 0. The second-order valence-electron chi connectivity index (χ2n) is 12.3. The lowest BCUT2D eigenvalue weighted by atomic mass is 10.0. The van der Waals surface area contributed by atoms with Crippen LogP contribution in [0.3, 0.4) is 0 Å². The van der Waals surface area contributed by atoms with Crippen molar-refractivity contribution in [2.45, 2.75) is 0 Å². The highest BCUT2D eigenvalue weighted by atomic mass is 16.3. The molecule has 6 heteroatoms. The number of hydrogen-bond acceptors (Lipinski definition) is 6. The number of fused-ring (bicyclic) bond motifs is 5. The lowest BCUT2D eigenvalue weighted by Crippen LogP contribution is -2.00. The number of hydrogen-bond donors (Lipinski definition) is 0. The first-order valence-electron chi connectivity index (χ1n) is 16.5. The van der Waals surface area contributed by atoms with Crippen molar-refractivity contribution in [1.29, 1.82) is 0 Å². The predicted octanol–water partition coefficient (Wildman–Crippen LogP) is 11.4. The molecular formula is C44H26N4O2. The normalized spacial score (nSPS) is 11.6. The minimum Gasteiger partial charge on any atom is -0.455 e. The van der Waals surface area contributed by atoms with Gasteiger partial charge in [-0.05, 0) is 52.7 Å². The maximum atomic E-state index is 6.55. The van der Waals surface area contributed by atoms with Gasteiger partial charge in [-0.25, -0.2) is 19.9 Å². The first-order valence-corrected chi connectivity index (χ1v) is 16.5. The number of furan rings is 1. The van der Waals surface area contributed by atoms with Crippen molar-refractivity contribution in [2.24, 2.45) is 0 Å². The number of oxazole rings is 1. The van der Waals surface area contributed by atoms with Crippen LogP contribution in [0.25, 0.3) is 101 Å². The molecule has 0 unspecified atom stereocenters. The van der Waals surface area contributed by atoms with Crippen LogP contribution in [0.1, 0.15) is 0 Å². The Morgan fingerprint density at radius 2 is 0.960 bits per heavy atom. The highest BCUT2D eigenvalue weighted by Gasteiger charge is 2.18. The van der Waals surface area contributed by atoms with Crippen LogP contribution in [-0.4, -0.2) is 19.9 Å². The Kier molecular flexibility index (Phi) is 6.39. The third-order valence-electron chi connectivity index (χ3n) is 9.17. The highest BCUT2D eigenvalue weighted by molar-refractivity contribution is 6.10. The van der Waals surface area contributed by atoms with Gasteiger partial charge in [-0.2, -0.15) is 0 Å². The molecule has 0 amide bonds. The highest BCUT2D eigenvalue weighted by Crippen LogP contribution is 2.39. The molecule has 10 aromatic rings. The van der Waals surface area contributed by atoms with Crippen molar-refractivity contribution >= 4 is 43.8 Å². The average Bonchev–Trinajstić information content (AvgIpc) is 3.79. The fourth-order valence-electron chi connectivity index (χ4n) is 6.72. The summed E-state index contributed by atoms with van der Waals surface area (Å²) in [5.41, 5.74) is 8.82. The Morgan fingerprint density at radius 3 is 1.74 bits per heavy atom. The van der Waals surface area contributed by atoms with Gasteiger partial charge in [0.05, 0.1) is 0 Å². The standard InChI is InChI=1S/C44H26N4O2/c1-3-12-28(13-4-1)41-46-42(29-14-5-2-6-15-29)48-43(47-41)31-22-23-38-36(25-31)34-19-10-18-33(40(34)49-38)30-21-24-39-37(26-30)45-44(50-39)35-20-9-16-27-11-7-8-17-32(27)35/h1-26H. The Balaban J connectivity index is 1.08. The van der Waals surface area contributed by atoms with Crippen LogP contribution in [0, 0.1) is 0 Å². The van der Waals surface area contributed by atoms with Crippen molar-refractivity contribution in [2.75, 3.05) is 0 Å². The lowest BCUT2D eigenvalue weighted by Gasteiger charge is -2.08. The molecule has 50 heavy (non-hydrogen) atoms. The summed E-state index contributed by atoms with van der Waals surface area (Å²) in [6, 6.07) is 53.0. The third kappa shape index (κ3) is 4.73. The van der Waals surface area contributed by atoms with Crippen molar-refractivity contribution in [3.63, 3.8) is 0 Å². The summed E-state index contributed by atoms with van der Waals surface area (Å²) in [5, 5.41) is 4.26. The molecule has 3 aromatic heterocycles. The van der Waals surface area contributed by atoms with Gasteiger partial charge in [0.15, 0.2) is 23.1 Å². The second kappa shape index (κ2) is 11.4. The molecule has 0 spiro atoms. The topological polar surface area (TPSA) is 77.8 Å². The van der Waals surface area contributed by atoms with Crippen molar-refractivity contribution in [3.05, 3.63) is 158 Å². The van der Waals surface area contributed by atoms with E-state index in [1.165, 1.54) is 0 Å². The summed E-state index contributed by atoms with van der Waals surface area (Å²) in [6.45, 7) is 0. The van der Waals surface area contributed by atoms with Crippen molar-refractivity contribution < 1.29 is 8.83 Å². The van der Waals surface area contributed by atoms with E-state index in [0.29, 0.717) is 23.4 Å². The van der Waals surface area contributed by atoms with Gasteiger partial charge in [-0.3, -0.25) is 0 Å². The fourth-order valence-corrected chi connectivity index (χ4v) is 6.72. The zero-order valence-corrected chi connectivity index (χ0v) is 26.6. The van der Waals surface area contributed by atoms with E-state index in [2.05, 4.69) is 60.7 Å². The number of aromatic nitrogens is 4. The maximum absolute atomic E-state index is 6.55. The number of rotatable bonds is 5. The molecule has 234 valence electrons. The van der Waals surface area contributed by atoms with E-state index in [1.807, 2.05) is 97.1 Å². The molecule has 7 aromatic carbocycles. The summed E-state index contributed by atoms with van der Waals surface area (Å²) in [6.07, 6.45) is 0. The zero-order valence-electron chi connectivity index (χ0n) is 26.6. The van der Waals surface area contributed by atoms with Crippen LogP contribution in [0.15, 0.2) is 167 Å². The molecule has 0 fully saturated rings. The molecule has 0 radical (unpaired) electrons. The molecule has 10 rings (SSSR count). The van der Waals surface area contributed by atoms with Crippen LogP contribution in [0.5, 0.6) is 0 Å². The average molecular weight is 643 g/mol. The van der Waals surface area contributed by atoms with Crippen LogP contribution >= 0.6 is 0 Å². The number of nitrogens with zero attached hydrogens (tertiary/aromatic N) is 4. The molecule has 0 atom stereocenters. The molecule has 0 N–H and O–H groups in total. The van der Waals surface area contributed by atoms with Gasteiger partial charge in [0, 0.05) is 38.6 Å². The lowest BCUT2D eigenvalue weighted by molar-refractivity contribution is 0.620. The zero-order chi connectivity index (χ0) is 33.0. The van der Waals surface area contributed by atoms with Gasteiger partial charge in [0.25, 0.3) is 0 Å². The molecule has 0 aliphatic rings. The summed E-state index contributed by atoms with van der Waals surface area (Å²) >= 11 is 0. The molecular weight excluding hydrogens is 617 g/mol. The molecule has 0 saturated heterocycles. The molecule has 0 aliphatic heterocycles. The maximum Gasteiger partial charge on any atom is 0.227 e. The van der Waals surface area contributed by atoms with Gasteiger partial charge < -0.3 is 8.83 Å². The monoisotopic (exact) mass is 642 g/mol. The van der Waals surface area contributed by atoms with Gasteiger partial charge in [-0.15, -0.1) is 0 Å². The SMILES string of the molecule is c1ccc(-c2nc(-c3ccccc3)nc(-c3ccc4oc5c(-c6ccc7oc(-c8cccc9ccccc89)nc7c6)cccc5c4c3)n2)cc1. The minimum absolute atomic E-state index is 0.601. The van der Waals surface area contributed by atoms with E-state index in [9.17, 15) is 0 Å². The predicted molar refractivity (Wildman–Crippen MR) is 199 cm³/mol. The van der Waals surface area contributed by atoms with Crippen molar-refractivity contribution in [3.8, 4) is 56.7 Å². The molecule has 0 aliphatic carbocycles. The quantitative estimate of drug-likeness (QED) is 0.186. The van der Waals surface area contributed by atoms with Gasteiger partial charge in [0.1, 0.15) is 16.7 Å². The Morgan fingerprint density at radius 1 is 0.360 bits per heavy atom. The molecule has 6 nitrogen and oxygen atoms in total. The smallest absolute Gasteiger partial charge is 0.227 e. The van der Waals surface area contributed by atoms with Crippen molar-refractivity contribution in [1.82, 2.24) is 19.9 Å². The minimum atomic E-state index is 0.601. The summed E-state index contributed by atoms with van der Waals surface area (Å²) in [5.74, 6) is 2.46. The Bertz CT molecular complexity index is 2810. The summed E-state index contributed by atoms with van der Waals surface area (Å²) in [4.78, 5) is 19.6. The van der Waals surface area contributed by atoms with E-state index >= 15 is 0 Å². The van der Waals surface area contributed by atoms with Crippen LogP contribution < -0.4 is 0 Å². The van der Waals surface area contributed by atoms with E-state index < -0.39 is 0 Å². The number of para-hydroxylation sites is 1. The first kappa shape index (κ1) is 28.1. The van der Waals surface area contributed by atoms with Crippen LogP contribution in [-0.2, 0) is 0 Å². The second-order valence-corrected chi connectivity index (χ2v) is 12.3. The van der Waals surface area contributed by atoms with Gasteiger partial charge in [0.2, 0.25) is 5.89 Å². The Hall–Kier alpha value is -6.92.